The molecule has 0 bridgehead atoms. The molecule has 0 aliphatic heterocycles. The van der Waals surface area contributed by atoms with E-state index in [1.54, 1.807) is 12.1 Å². The Morgan fingerprint density at radius 1 is 1.32 bits per heavy atom. The van der Waals surface area contributed by atoms with Crippen molar-refractivity contribution in [1.82, 2.24) is 20.2 Å². The van der Waals surface area contributed by atoms with Crippen LogP contribution in [-0.4, -0.2) is 25.1 Å². The minimum atomic E-state index is -0.552. The van der Waals surface area contributed by atoms with Crippen molar-refractivity contribution in [2.75, 3.05) is 10.6 Å². The fraction of sp³-hybridized carbons (Fsp3) is 0.278. The summed E-state index contributed by atoms with van der Waals surface area (Å²) < 4.78 is 13.1. The molecule has 0 radical (unpaired) electrons. The van der Waals surface area contributed by atoms with Crippen LogP contribution in [0.15, 0.2) is 36.5 Å². The summed E-state index contributed by atoms with van der Waals surface area (Å²) in [5, 5.41) is 24.4. The van der Waals surface area contributed by atoms with E-state index in [2.05, 4.69) is 30.8 Å². The molecule has 0 amide bonds. The summed E-state index contributed by atoms with van der Waals surface area (Å²) in [5.41, 5.74) is 1.58. The van der Waals surface area contributed by atoms with Gasteiger partial charge in [-0.15, -0.1) is 0 Å². The lowest BCUT2D eigenvalue weighted by Gasteiger charge is -2.14. The zero-order valence-corrected chi connectivity index (χ0v) is 15.0. The highest BCUT2D eigenvalue weighted by Gasteiger charge is 2.26. The van der Waals surface area contributed by atoms with E-state index in [9.17, 15) is 14.5 Å². The monoisotopic (exact) mass is 383 g/mol. The number of hydrogen-bond donors (Lipinski definition) is 3. The first-order valence-electron chi connectivity index (χ1n) is 8.85. The molecule has 9 nitrogen and oxygen atoms in total. The number of nitrogens with one attached hydrogen (secondary N) is 3. The third-order valence-electron chi connectivity index (χ3n) is 4.54. The third kappa shape index (κ3) is 3.90. The minimum Gasteiger partial charge on any atom is -0.348 e. The zero-order chi connectivity index (χ0) is 19.7. The van der Waals surface area contributed by atoms with Crippen LogP contribution in [0.2, 0.25) is 0 Å². The molecule has 1 fully saturated rings. The molecule has 1 atom stereocenters. The maximum absolute atomic E-state index is 13.1. The smallest absolute Gasteiger partial charge is 0.330 e. The summed E-state index contributed by atoms with van der Waals surface area (Å²) in [5.74, 6) is 0.877. The van der Waals surface area contributed by atoms with Crippen molar-refractivity contribution in [2.24, 2.45) is 0 Å². The number of anilines is 3. The minimum absolute atomic E-state index is 0.0441. The van der Waals surface area contributed by atoms with Gasteiger partial charge < -0.3 is 10.6 Å². The van der Waals surface area contributed by atoms with Crippen molar-refractivity contribution in [3.05, 3.63) is 63.7 Å². The second-order valence-corrected chi connectivity index (χ2v) is 6.71. The fourth-order valence-corrected chi connectivity index (χ4v) is 2.82. The zero-order valence-electron chi connectivity index (χ0n) is 15.0. The predicted octanol–water partition coefficient (Wildman–Crippen LogP) is 4.04. The summed E-state index contributed by atoms with van der Waals surface area (Å²) in [6, 6.07) is 7.65. The Bertz CT molecular complexity index is 1000. The van der Waals surface area contributed by atoms with E-state index >= 15 is 0 Å². The molecule has 3 aromatic rings. The first-order valence-corrected chi connectivity index (χ1v) is 8.85. The molecule has 2 aromatic heterocycles. The van der Waals surface area contributed by atoms with Gasteiger partial charge in [-0.25, -0.2) is 9.37 Å². The number of benzene rings is 1. The summed E-state index contributed by atoms with van der Waals surface area (Å²) in [6.07, 6.45) is 3.37. The van der Waals surface area contributed by atoms with Gasteiger partial charge >= 0.3 is 5.69 Å². The number of rotatable bonds is 7. The number of hydrogen-bond acceptors (Lipinski definition) is 7. The quantitative estimate of drug-likeness (QED) is 0.416. The van der Waals surface area contributed by atoms with Crippen molar-refractivity contribution in [3.8, 4) is 0 Å². The van der Waals surface area contributed by atoms with Crippen LogP contribution >= 0.6 is 0 Å². The van der Waals surface area contributed by atoms with Crippen molar-refractivity contribution in [1.29, 1.82) is 0 Å². The molecule has 4 rings (SSSR count). The Kier molecular flexibility index (Phi) is 4.60. The van der Waals surface area contributed by atoms with Gasteiger partial charge in [0, 0.05) is 17.7 Å². The lowest BCUT2D eigenvalue weighted by molar-refractivity contribution is -0.384. The van der Waals surface area contributed by atoms with Gasteiger partial charge in [-0.05, 0) is 37.5 Å². The second kappa shape index (κ2) is 7.22. The lowest BCUT2D eigenvalue weighted by atomic mass is 10.1. The van der Waals surface area contributed by atoms with Crippen LogP contribution in [0, 0.1) is 15.9 Å². The largest absolute Gasteiger partial charge is 0.348 e. The van der Waals surface area contributed by atoms with Gasteiger partial charge in [0.1, 0.15) is 12.0 Å². The van der Waals surface area contributed by atoms with Crippen LogP contribution in [0.4, 0.5) is 27.7 Å². The number of aromatic nitrogens is 4. The van der Waals surface area contributed by atoms with Gasteiger partial charge in [-0.2, -0.15) is 10.1 Å². The van der Waals surface area contributed by atoms with Gasteiger partial charge in [0.25, 0.3) is 0 Å². The van der Waals surface area contributed by atoms with E-state index in [4.69, 9.17) is 0 Å². The molecule has 1 saturated carbocycles. The Balaban J connectivity index is 1.55. The third-order valence-corrected chi connectivity index (χ3v) is 4.54. The maximum Gasteiger partial charge on any atom is 0.330 e. The molecule has 0 saturated heterocycles. The molecule has 0 spiro atoms. The Morgan fingerprint density at radius 3 is 2.75 bits per heavy atom. The van der Waals surface area contributed by atoms with Gasteiger partial charge in [0.2, 0.25) is 11.8 Å². The average Bonchev–Trinajstić information content (AvgIpc) is 3.42. The molecule has 10 heteroatoms. The summed E-state index contributed by atoms with van der Waals surface area (Å²) in [7, 11) is 0. The average molecular weight is 383 g/mol. The van der Waals surface area contributed by atoms with E-state index in [1.165, 1.54) is 12.1 Å². The molecule has 1 aliphatic rings. The standard InChI is InChI=1S/C18H18FN7O2/c1-10(11-4-6-13(19)7-5-11)21-18-20-9-15(26(27)28)17(23-18)22-16-8-14(24-25-16)12-2-3-12/h4-10,12H,2-3H2,1H3,(H3,20,21,22,23,24,25)/t10-/m1/s1. The van der Waals surface area contributed by atoms with Crippen molar-refractivity contribution < 1.29 is 9.31 Å². The van der Waals surface area contributed by atoms with Gasteiger partial charge in [0.05, 0.1) is 11.0 Å². The Morgan fingerprint density at radius 2 is 2.07 bits per heavy atom. The van der Waals surface area contributed by atoms with Gasteiger partial charge in [0.15, 0.2) is 5.82 Å². The Hall–Kier alpha value is -3.56. The number of nitrogens with zero attached hydrogens (tertiary/aromatic N) is 4. The second-order valence-electron chi connectivity index (χ2n) is 6.71. The van der Waals surface area contributed by atoms with Gasteiger partial charge in [-0.1, -0.05) is 12.1 Å². The van der Waals surface area contributed by atoms with Crippen LogP contribution in [0.3, 0.4) is 0 Å². The lowest BCUT2D eigenvalue weighted by Crippen LogP contribution is -2.11. The maximum atomic E-state index is 13.1. The molecule has 28 heavy (non-hydrogen) atoms. The van der Waals surface area contributed by atoms with Gasteiger partial charge in [-0.3, -0.25) is 15.2 Å². The summed E-state index contributed by atoms with van der Waals surface area (Å²) >= 11 is 0. The predicted molar refractivity (Wildman–Crippen MR) is 101 cm³/mol. The Labute approximate surface area is 159 Å². The van der Waals surface area contributed by atoms with Crippen molar-refractivity contribution in [2.45, 2.75) is 31.7 Å². The molecular weight excluding hydrogens is 365 g/mol. The number of halogens is 1. The van der Waals surface area contributed by atoms with Crippen LogP contribution in [0.5, 0.6) is 0 Å². The molecule has 144 valence electrons. The first kappa shape index (κ1) is 17.8. The molecule has 2 heterocycles. The highest BCUT2D eigenvalue weighted by molar-refractivity contribution is 5.64. The highest BCUT2D eigenvalue weighted by Crippen LogP contribution is 2.40. The van der Waals surface area contributed by atoms with Crippen LogP contribution < -0.4 is 10.6 Å². The fourth-order valence-electron chi connectivity index (χ4n) is 2.82. The molecule has 1 aliphatic carbocycles. The van der Waals surface area contributed by atoms with E-state index in [1.807, 2.05) is 13.0 Å². The molecule has 0 unspecified atom stereocenters. The topological polar surface area (TPSA) is 122 Å². The van der Waals surface area contributed by atoms with E-state index in [0.717, 1.165) is 30.3 Å². The molecule has 1 aromatic carbocycles. The first-order chi connectivity index (χ1) is 13.5. The number of nitro groups is 1. The number of aromatic amines is 1. The van der Waals surface area contributed by atoms with Crippen LogP contribution in [-0.2, 0) is 0 Å². The van der Waals surface area contributed by atoms with E-state index in [0.29, 0.717) is 11.7 Å². The van der Waals surface area contributed by atoms with Crippen molar-refractivity contribution in [3.63, 3.8) is 0 Å². The van der Waals surface area contributed by atoms with E-state index < -0.39 is 4.92 Å². The molecule has 3 N–H and O–H groups in total. The summed E-state index contributed by atoms with van der Waals surface area (Å²) in [4.78, 5) is 19.0. The SMILES string of the molecule is C[C@@H](Nc1ncc([N+](=O)[O-])c(Nc2cc(C3CC3)[nH]n2)n1)c1ccc(F)cc1. The van der Waals surface area contributed by atoms with Crippen LogP contribution in [0.25, 0.3) is 0 Å². The summed E-state index contributed by atoms with van der Waals surface area (Å²) in [6.45, 7) is 1.86. The van der Waals surface area contributed by atoms with Crippen LogP contribution in [0.1, 0.15) is 43.0 Å². The van der Waals surface area contributed by atoms with Crippen molar-refractivity contribution >= 4 is 23.3 Å². The van der Waals surface area contributed by atoms with E-state index in [-0.39, 0.29) is 29.3 Å². The molecular formula is C18H18FN7O2. The normalized spacial score (nSPS) is 14.5. The highest BCUT2D eigenvalue weighted by atomic mass is 19.1. The number of H-pyrrole nitrogens is 1.